The van der Waals surface area contributed by atoms with Gasteiger partial charge in [0, 0.05) is 6.07 Å². The summed E-state index contributed by atoms with van der Waals surface area (Å²) in [6.45, 7) is 0. The number of nitrogens with zero attached hydrogens (tertiary/aromatic N) is 3. The van der Waals surface area contributed by atoms with Crippen molar-refractivity contribution in [3.8, 4) is 11.5 Å². The molecule has 0 unspecified atom stereocenters. The summed E-state index contributed by atoms with van der Waals surface area (Å²) in [5, 5.41) is 11.4. The van der Waals surface area contributed by atoms with Crippen LogP contribution in [0.2, 0.25) is 5.02 Å². The minimum atomic E-state index is -0.622. The van der Waals surface area contributed by atoms with Crippen LogP contribution in [0.3, 0.4) is 0 Å². The molecule has 1 aromatic heterocycles. The Balaban J connectivity index is 1.95. The quantitative estimate of drug-likeness (QED) is 0.313. The molecule has 0 aliphatic carbocycles. The van der Waals surface area contributed by atoms with Crippen molar-refractivity contribution in [3.63, 3.8) is 0 Å². The Morgan fingerprint density at radius 3 is 1.97 bits per heavy atom. The molecule has 9 heteroatoms. The van der Waals surface area contributed by atoms with Gasteiger partial charge in [0.2, 0.25) is 0 Å². The topological polar surface area (TPSA) is 96.5 Å². The number of fused-ring (bicyclic) bond motifs is 1. The predicted octanol–water partition coefficient (Wildman–Crippen LogP) is 4.61. The SMILES string of the molecule is COc1ccc(C(c2ccc(OC)cc2)n2cnc3cc(Cl)c([N+](=O)[O-])cc3c2=O)cc1. The van der Waals surface area contributed by atoms with Gasteiger partial charge in [-0.15, -0.1) is 0 Å². The van der Waals surface area contributed by atoms with Crippen LogP contribution in [0.5, 0.6) is 11.5 Å². The maximum atomic E-state index is 13.5. The van der Waals surface area contributed by atoms with Crippen molar-refractivity contribution >= 4 is 28.2 Å². The average Bonchev–Trinajstić information content (AvgIpc) is 2.81. The lowest BCUT2D eigenvalue weighted by Gasteiger charge is -2.21. The second-order valence-corrected chi connectivity index (χ2v) is 7.39. The van der Waals surface area contributed by atoms with Crippen molar-refractivity contribution < 1.29 is 14.4 Å². The van der Waals surface area contributed by atoms with Gasteiger partial charge in [-0.2, -0.15) is 0 Å². The highest BCUT2D eigenvalue weighted by molar-refractivity contribution is 6.33. The van der Waals surface area contributed by atoms with Crippen molar-refractivity contribution in [1.29, 1.82) is 0 Å². The first kappa shape index (κ1) is 21.3. The first-order valence-electron chi connectivity index (χ1n) is 9.55. The van der Waals surface area contributed by atoms with Crippen LogP contribution in [-0.4, -0.2) is 28.7 Å². The van der Waals surface area contributed by atoms with E-state index in [4.69, 9.17) is 21.1 Å². The number of rotatable bonds is 6. The Kier molecular flexibility index (Phi) is 5.79. The molecule has 0 aliphatic heterocycles. The first-order chi connectivity index (χ1) is 15.4. The normalized spacial score (nSPS) is 11.0. The van der Waals surface area contributed by atoms with Crippen LogP contribution in [0.1, 0.15) is 17.2 Å². The summed E-state index contributed by atoms with van der Waals surface area (Å²) < 4.78 is 11.9. The molecular weight excluding hydrogens is 434 g/mol. The van der Waals surface area contributed by atoms with Gasteiger partial charge in [0.05, 0.1) is 42.4 Å². The summed E-state index contributed by atoms with van der Waals surface area (Å²) in [5.41, 5.74) is 1.13. The third-order valence-electron chi connectivity index (χ3n) is 5.19. The van der Waals surface area contributed by atoms with E-state index in [1.807, 2.05) is 24.3 Å². The van der Waals surface area contributed by atoms with Gasteiger partial charge in [0.25, 0.3) is 11.2 Å². The van der Waals surface area contributed by atoms with E-state index in [-0.39, 0.29) is 21.6 Å². The number of aromatic nitrogens is 2. The largest absolute Gasteiger partial charge is 0.497 e. The van der Waals surface area contributed by atoms with E-state index in [0.717, 1.165) is 11.1 Å². The van der Waals surface area contributed by atoms with E-state index in [1.54, 1.807) is 38.5 Å². The van der Waals surface area contributed by atoms with Gasteiger partial charge < -0.3 is 9.47 Å². The maximum absolute atomic E-state index is 13.5. The van der Waals surface area contributed by atoms with E-state index in [2.05, 4.69) is 4.98 Å². The molecule has 0 N–H and O–H groups in total. The molecular formula is C23H18ClN3O5. The van der Waals surface area contributed by atoms with Crippen molar-refractivity contribution in [2.45, 2.75) is 6.04 Å². The molecule has 1 heterocycles. The Bertz CT molecular complexity index is 1300. The zero-order chi connectivity index (χ0) is 22.8. The minimum absolute atomic E-state index is 0.0750. The molecule has 4 rings (SSSR count). The summed E-state index contributed by atoms with van der Waals surface area (Å²) in [4.78, 5) is 28.5. The van der Waals surface area contributed by atoms with Gasteiger partial charge in [-0.3, -0.25) is 19.5 Å². The molecule has 32 heavy (non-hydrogen) atoms. The third kappa shape index (κ3) is 3.88. The summed E-state index contributed by atoms with van der Waals surface area (Å²) in [6.07, 6.45) is 1.42. The Hall–Kier alpha value is -3.91. The zero-order valence-corrected chi connectivity index (χ0v) is 17.9. The first-order valence-corrected chi connectivity index (χ1v) is 9.93. The lowest BCUT2D eigenvalue weighted by molar-refractivity contribution is -0.384. The van der Waals surface area contributed by atoms with Crippen molar-refractivity contribution in [2.24, 2.45) is 0 Å². The number of hydrogen-bond acceptors (Lipinski definition) is 6. The fourth-order valence-electron chi connectivity index (χ4n) is 3.56. The monoisotopic (exact) mass is 451 g/mol. The molecule has 0 atom stereocenters. The minimum Gasteiger partial charge on any atom is -0.497 e. The fraction of sp³-hybridized carbons (Fsp3) is 0.130. The summed E-state index contributed by atoms with van der Waals surface area (Å²) in [6, 6.07) is 16.6. The maximum Gasteiger partial charge on any atom is 0.288 e. The highest BCUT2D eigenvalue weighted by atomic mass is 35.5. The van der Waals surface area contributed by atoms with Crippen molar-refractivity contribution in [2.75, 3.05) is 14.2 Å². The van der Waals surface area contributed by atoms with E-state index >= 15 is 0 Å². The summed E-state index contributed by atoms with van der Waals surface area (Å²) in [7, 11) is 3.15. The smallest absolute Gasteiger partial charge is 0.288 e. The number of ether oxygens (including phenoxy) is 2. The van der Waals surface area contributed by atoms with Gasteiger partial charge >= 0.3 is 0 Å². The fourth-order valence-corrected chi connectivity index (χ4v) is 3.78. The average molecular weight is 452 g/mol. The second-order valence-electron chi connectivity index (χ2n) is 6.98. The Morgan fingerprint density at radius 2 is 1.50 bits per heavy atom. The molecule has 0 spiro atoms. The molecule has 0 fully saturated rings. The number of nitro groups is 1. The van der Waals surface area contributed by atoms with Crippen molar-refractivity contribution in [3.05, 3.63) is 104 Å². The summed E-state index contributed by atoms with van der Waals surface area (Å²) in [5.74, 6) is 1.35. The van der Waals surface area contributed by atoms with E-state index in [0.29, 0.717) is 11.5 Å². The number of methoxy groups -OCH3 is 2. The molecule has 0 aliphatic rings. The molecule has 8 nitrogen and oxygen atoms in total. The van der Waals surface area contributed by atoms with Crippen LogP contribution >= 0.6 is 11.6 Å². The van der Waals surface area contributed by atoms with Crippen LogP contribution in [0.25, 0.3) is 10.9 Å². The van der Waals surface area contributed by atoms with E-state index in [9.17, 15) is 14.9 Å². The van der Waals surface area contributed by atoms with Crippen molar-refractivity contribution in [1.82, 2.24) is 9.55 Å². The molecule has 3 aromatic carbocycles. The Labute approximate surface area is 187 Å². The number of nitro benzene ring substituents is 1. The molecule has 0 saturated carbocycles. The van der Waals surface area contributed by atoms with Gasteiger partial charge in [-0.25, -0.2) is 4.98 Å². The standard InChI is InChI=1S/C23H18ClN3O5/c1-31-16-7-3-14(4-8-16)22(15-5-9-17(32-2)10-6-15)26-13-25-20-12-19(24)21(27(29)30)11-18(20)23(26)28/h3-13,22H,1-2H3. The van der Waals surface area contributed by atoms with Crippen LogP contribution in [0.15, 0.2) is 71.8 Å². The Morgan fingerprint density at radius 1 is 0.969 bits per heavy atom. The number of hydrogen-bond donors (Lipinski definition) is 0. The predicted molar refractivity (Wildman–Crippen MR) is 121 cm³/mol. The van der Waals surface area contributed by atoms with Crippen LogP contribution in [0.4, 0.5) is 5.69 Å². The van der Waals surface area contributed by atoms with Crippen LogP contribution in [-0.2, 0) is 0 Å². The highest BCUT2D eigenvalue weighted by Gasteiger charge is 2.22. The molecule has 0 bridgehead atoms. The molecule has 0 radical (unpaired) electrons. The van der Waals surface area contributed by atoms with Gasteiger partial charge in [0.1, 0.15) is 16.5 Å². The van der Waals surface area contributed by atoms with E-state index in [1.165, 1.54) is 23.0 Å². The molecule has 0 saturated heterocycles. The number of benzene rings is 3. The molecule has 162 valence electrons. The zero-order valence-electron chi connectivity index (χ0n) is 17.2. The van der Waals surface area contributed by atoms with Crippen LogP contribution < -0.4 is 15.0 Å². The van der Waals surface area contributed by atoms with Gasteiger partial charge in [-0.05, 0) is 41.5 Å². The van der Waals surface area contributed by atoms with E-state index < -0.39 is 16.5 Å². The molecule has 0 amide bonds. The lowest BCUT2D eigenvalue weighted by Crippen LogP contribution is -2.27. The third-order valence-corrected chi connectivity index (χ3v) is 5.49. The summed E-state index contributed by atoms with van der Waals surface area (Å²) >= 11 is 5.99. The number of halogens is 1. The second kappa shape index (κ2) is 8.68. The lowest BCUT2D eigenvalue weighted by atomic mass is 9.98. The van der Waals surface area contributed by atoms with Crippen LogP contribution in [0, 0.1) is 10.1 Å². The molecule has 4 aromatic rings. The van der Waals surface area contributed by atoms with Gasteiger partial charge in [-0.1, -0.05) is 35.9 Å². The van der Waals surface area contributed by atoms with Gasteiger partial charge in [0.15, 0.2) is 0 Å². The highest BCUT2D eigenvalue weighted by Crippen LogP contribution is 2.31.